The van der Waals surface area contributed by atoms with E-state index >= 15 is 0 Å². The third kappa shape index (κ3) is 3.59. The number of fused-ring (bicyclic) bond motifs is 1. The van der Waals surface area contributed by atoms with Gasteiger partial charge in [-0.1, -0.05) is 19.3 Å². The number of carbonyl (C=O) groups is 1. The van der Waals surface area contributed by atoms with Crippen LogP contribution in [0.1, 0.15) is 52.4 Å². The average molecular weight is 339 g/mol. The number of allylic oxidation sites excluding steroid dienone is 1. The van der Waals surface area contributed by atoms with E-state index in [9.17, 15) is 13.2 Å². The van der Waals surface area contributed by atoms with Gasteiger partial charge in [-0.05, 0) is 38.5 Å². The molecule has 0 radical (unpaired) electrons. The molecule has 0 aromatic carbocycles. The van der Waals surface area contributed by atoms with Crippen LogP contribution in [0.5, 0.6) is 0 Å². The average Bonchev–Trinajstić information content (AvgIpc) is 2.49. The van der Waals surface area contributed by atoms with Crippen LogP contribution < -0.4 is 4.72 Å². The minimum absolute atomic E-state index is 0.0824. The van der Waals surface area contributed by atoms with Crippen LogP contribution in [-0.4, -0.2) is 38.0 Å². The highest BCUT2D eigenvalue weighted by atomic mass is 32.2. The molecule has 0 aromatic rings. The van der Waals surface area contributed by atoms with E-state index in [1.165, 1.54) is 25.7 Å². The fourth-order valence-corrected chi connectivity index (χ4v) is 5.16. The van der Waals surface area contributed by atoms with E-state index in [4.69, 9.17) is 0 Å². The fourth-order valence-electron chi connectivity index (χ4n) is 4.14. The van der Waals surface area contributed by atoms with Gasteiger partial charge in [0.1, 0.15) is 0 Å². The molecule has 0 aromatic heterocycles. The molecule has 1 N–H and O–H groups in total. The molecular weight excluding hydrogens is 314 g/mol. The summed E-state index contributed by atoms with van der Waals surface area (Å²) in [4.78, 5) is 14.6. The molecule has 7 heteroatoms. The quantitative estimate of drug-likeness (QED) is 0.836. The third-order valence-corrected chi connectivity index (χ3v) is 6.48. The lowest BCUT2D eigenvalue weighted by molar-refractivity contribution is -0.133. The van der Waals surface area contributed by atoms with Crippen molar-refractivity contribution in [3.8, 4) is 0 Å². The first-order valence-corrected chi connectivity index (χ1v) is 9.87. The van der Waals surface area contributed by atoms with E-state index in [1.807, 2.05) is 4.90 Å². The molecule has 23 heavy (non-hydrogen) atoms. The maximum absolute atomic E-state index is 12.7. The molecule has 0 unspecified atom stereocenters. The number of likely N-dealkylation sites (tertiary alicyclic amines) is 1. The molecule has 3 rings (SSSR count). The maximum Gasteiger partial charge on any atom is 0.342 e. The lowest BCUT2D eigenvalue weighted by Gasteiger charge is -2.41. The van der Waals surface area contributed by atoms with Crippen molar-refractivity contribution < 1.29 is 13.2 Å². The molecule has 1 amide bonds. The van der Waals surface area contributed by atoms with Crippen LogP contribution >= 0.6 is 0 Å². The van der Waals surface area contributed by atoms with Crippen LogP contribution in [0.15, 0.2) is 15.7 Å². The van der Waals surface area contributed by atoms with Crippen LogP contribution in [-0.2, 0) is 15.0 Å². The zero-order valence-corrected chi connectivity index (χ0v) is 14.7. The van der Waals surface area contributed by atoms with Crippen LogP contribution in [0, 0.1) is 11.8 Å². The second-order valence-electron chi connectivity index (χ2n) is 6.97. The molecular formula is C16H25N3O3S. The molecule has 128 valence electrons. The monoisotopic (exact) mass is 339 g/mol. The lowest BCUT2D eigenvalue weighted by atomic mass is 9.75. The predicted octanol–water partition coefficient (Wildman–Crippen LogP) is 2.00. The van der Waals surface area contributed by atoms with Crippen LogP contribution in [0.25, 0.3) is 0 Å². The Hall–Kier alpha value is -1.37. The van der Waals surface area contributed by atoms with Crippen molar-refractivity contribution in [2.45, 2.75) is 52.4 Å². The van der Waals surface area contributed by atoms with Crippen molar-refractivity contribution in [1.82, 2.24) is 9.62 Å². The number of rotatable bonds is 2. The summed E-state index contributed by atoms with van der Waals surface area (Å²) in [6.07, 6.45) is 6.48. The predicted molar refractivity (Wildman–Crippen MR) is 89.1 cm³/mol. The van der Waals surface area contributed by atoms with E-state index in [0.29, 0.717) is 22.9 Å². The van der Waals surface area contributed by atoms with Crippen molar-refractivity contribution in [2.24, 2.45) is 16.2 Å². The standard InChI is InChI=1S/C16H25N3O3S/c1-11-15(12(2)18-23(21,22)17-11)9-16(20)19-8-7-13-5-3-4-6-14(13)10-19/h13-14,17H,3-10H2,1-2H3/t13-,14+/m0/s1. The van der Waals surface area contributed by atoms with Crippen molar-refractivity contribution >= 4 is 21.8 Å². The molecule has 2 atom stereocenters. The van der Waals surface area contributed by atoms with Gasteiger partial charge in [0.2, 0.25) is 5.91 Å². The molecule has 2 heterocycles. The van der Waals surface area contributed by atoms with Gasteiger partial charge in [0.05, 0.1) is 12.1 Å². The summed E-state index contributed by atoms with van der Waals surface area (Å²) in [5, 5.41) is 0. The Morgan fingerprint density at radius 2 is 1.91 bits per heavy atom. The third-order valence-electron chi connectivity index (χ3n) is 5.40. The summed E-state index contributed by atoms with van der Waals surface area (Å²) in [6.45, 7) is 5.02. The van der Waals surface area contributed by atoms with Gasteiger partial charge in [0, 0.05) is 24.4 Å². The van der Waals surface area contributed by atoms with Crippen molar-refractivity contribution in [3.63, 3.8) is 0 Å². The second kappa shape index (κ2) is 6.26. The minimum Gasteiger partial charge on any atom is -0.342 e. The summed E-state index contributed by atoms with van der Waals surface area (Å²) in [7, 11) is -3.64. The molecule has 1 aliphatic carbocycles. The van der Waals surface area contributed by atoms with Crippen LogP contribution in [0.2, 0.25) is 0 Å². The van der Waals surface area contributed by atoms with Gasteiger partial charge < -0.3 is 4.90 Å². The summed E-state index contributed by atoms with van der Waals surface area (Å²) < 4.78 is 29.1. The topological polar surface area (TPSA) is 78.8 Å². The van der Waals surface area contributed by atoms with E-state index < -0.39 is 10.2 Å². The molecule has 0 spiro atoms. The first kappa shape index (κ1) is 16.5. The van der Waals surface area contributed by atoms with Crippen molar-refractivity contribution in [1.29, 1.82) is 0 Å². The second-order valence-corrected chi connectivity index (χ2v) is 8.30. The van der Waals surface area contributed by atoms with Gasteiger partial charge in [-0.15, -0.1) is 4.40 Å². The van der Waals surface area contributed by atoms with Gasteiger partial charge >= 0.3 is 10.2 Å². The Morgan fingerprint density at radius 1 is 1.22 bits per heavy atom. The Balaban J connectivity index is 1.67. The van der Waals surface area contributed by atoms with Crippen LogP contribution in [0.3, 0.4) is 0 Å². The summed E-state index contributed by atoms with van der Waals surface area (Å²) >= 11 is 0. The number of nitrogens with zero attached hydrogens (tertiary/aromatic N) is 2. The van der Waals surface area contributed by atoms with Gasteiger partial charge in [-0.2, -0.15) is 8.42 Å². The largest absolute Gasteiger partial charge is 0.342 e. The van der Waals surface area contributed by atoms with Gasteiger partial charge in [0.15, 0.2) is 0 Å². The zero-order chi connectivity index (χ0) is 16.6. The highest BCUT2D eigenvalue weighted by molar-refractivity contribution is 7.88. The lowest BCUT2D eigenvalue weighted by Crippen LogP contribution is -2.45. The Kier molecular flexibility index (Phi) is 4.49. The number of piperidine rings is 1. The van der Waals surface area contributed by atoms with E-state index in [1.54, 1.807) is 13.8 Å². The first-order valence-electron chi connectivity index (χ1n) is 8.43. The maximum atomic E-state index is 12.7. The van der Waals surface area contributed by atoms with Crippen molar-refractivity contribution in [2.75, 3.05) is 13.1 Å². The van der Waals surface area contributed by atoms with Gasteiger partial charge in [0.25, 0.3) is 0 Å². The number of hydrogen-bond donors (Lipinski definition) is 1. The molecule has 1 saturated heterocycles. The van der Waals surface area contributed by atoms with Crippen LogP contribution in [0.4, 0.5) is 0 Å². The number of carbonyl (C=O) groups excluding carboxylic acids is 1. The molecule has 3 aliphatic rings. The molecule has 0 bridgehead atoms. The zero-order valence-electron chi connectivity index (χ0n) is 13.8. The number of amides is 1. The molecule has 2 aliphatic heterocycles. The molecule has 6 nitrogen and oxygen atoms in total. The summed E-state index contributed by atoms with van der Waals surface area (Å²) in [5.74, 6) is 1.52. The summed E-state index contributed by atoms with van der Waals surface area (Å²) in [6, 6.07) is 0. The van der Waals surface area contributed by atoms with E-state index in [0.717, 1.165) is 25.4 Å². The van der Waals surface area contributed by atoms with Gasteiger partial charge in [-0.3, -0.25) is 9.52 Å². The highest BCUT2D eigenvalue weighted by Gasteiger charge is 2.33. The smallest absolute Gasteiger partial charge is 0.342 e. The number of nitrogens with one attached hydrogen (secondary N) is 1. The molecule has 1 saturated carbocycles. The SMILES string of the molecule is CC1=NS(=O)(=O)NC(C)=C1CC(=O)N1CC[C@@H]2CCCC[C@@H]2C1. The number of hydrogen-bond acceptors (Lipinski definition) is 3. The Labute approximate surface area is 138 Å². The normalized spacial score (nSPS) is 30.3. The van der Waals surface area contributed by atoms with Gasteiger partial charge in [-0.25, -0.2) is 0 Å². The van der Waals surface area contributed by atoms with E-state index in [2.05, 4.69) is 9.12 Å². The highest BCUT2D eigenvalue weighted by Crippen LogP contribution is 2.36. The van der Waals surface area contributed by atoms with E-state index in [-0.39, 0.29) is 12.3 Å². The summed E-state index contributed by atoms with van der Waals surface area (Å²) in [5.41, 5.74) is 1.64. The minimum atomic E-state index is -3.64. The first-order chi connectivity index (χ1) is 10.9. The Bertz CT molecular complexity index is 666. The molecule has 2 fully saturated rings. The van der Waals surface area contributed by atoms with Crippen molar-refractivity contribution in [3.05, 3.63) is 11.3 Å². The fraction of sp³-hybridized carbons (Fsp3) is 0.750. The Morgan fingerprint density at radius 3 is 2.61 bits per heavy atom.